The van der Waals surface area contributed by atoms with E-state index in [0.29, 0.717) is 25.9 Å². The Hall–Kier alpha value is -4.00. The number of aryl methyl sites for hydroxylation is 1. The Bertz CT molecular complexity index is 1760. The fraction of sp³-hybridized carbons (Fsp3) is 0.714. The number of nitrogens with zero attached hydrogens (tertiary/aromatic N) is 5. The molecule has 2 amide bonds. The van der Waals surface area contributed by atoms with Crippen LogP contribution < -0.4 is 10.7 Å². The number of pyridine rings is 1. The number of esters is 1. The average Bonchev–Trinajstić information content (AvgIpc) is 3.78. The maximum absolute atomic E-state index is 14.4. The van der Waals surface area contributed by atoms with Gasteiger partial charge < -0.3 is 43.6 Å². The van der Waals surface area contributed by atoms with Gasteiger partial charge in [-0.2, -0.15) is 0 Å². The molecule has 1 unspecified atom stereocenters. The Morgan fingerprint density at radius 2 is 1.85 bits per heavy atom. The van der Waals surface area contributed by atoms with Gasteiger partial charge in [0, 0.05) is 62.2 Å². The number of ketones is 1. The minimum Gasteiger partial charge on any atom is -0.457 e. The number of amides is 2. The lowest BCUT2D eigenvalue weighted by atomic mass is 9.78. The highest BCUT2D eigenvalue weighted by atomic mass is 16.7. The number of nitrogens with one attached hydrogen (secondary N) is 2. The number of rotatable bonds is 11. The van der Waals surface area contributed by atoms with Crippen molar-refractivity contribution < 1.29 is 48.0 Å². The molecule has 3 aliphatic heterocycles. The molecular weight excluding hydrogens is 763 g/mol. The molecule has 3 aliphatic rings. The van der Waals surface area contributed by atoms with Crippen molar-refractivity contribution in [3.8, 4) is 11.3 Å². The van der Waals surface area contributed by atoms with Crippen molar-refractivity contribution in [2.75, 3.05) is 27.7 Å². The summed E-state index contributed by atoms with van der Waals surface area (Å²) in [7, 11) is 5.21. The zero-order valence-corrected chi connectivity index (χ0v) is 36.4. The van der Waals surface area contributed by atoms with Crippen molar-refractivity contribution in [3.05, 3.63) is 37.1 Å². The predicted octanol–water partition coefficient (Wildman–Crippen LogP) is 3.34. The van der Waals surface area contributed by atoms with Crippen LogP contribution in [0, 0.1) is 17.8 Å². The van der Waals surface area contributed by atoms with Crippen LogP contribution in [0.5, 0.6) is 0 Å². The molecule has 3 saturated heterocycles. The van der Waals surface area contributed by atoms with Gasteiger partial charge in [0.25, 0.3) is 0 Å². The third-order valence-electron chi connectivity index (χ3n) is 12.4. The van der Waals surface area contributed by atoms with Crippen LogP contribution in [0.3, 0.4) is 0 Å². The summed E-state index contributed by atoms with van der Waals surface area (Å²) in [5, 5.41) is 15.9. The summed E-state index contributed by atoms with van der Waals surface area (Å²) in [6, 6.07) is 1.95. The highest BCUT2D eigenvalue weighted by molar-refractivity contribution is 6.00. The number of ether oxygens (including phenoxy) is 5. The van der Waals surface area contributed by atoms with Crippen LogP contribution in [0.4, 0.5) is 4.79 Å². The van der Waals surface area contributed by atoms with Gasteiger partial charge in [-0.25, -0.2) is 20.2 Å². The summed E-state index contributed by atoms with van der Waals surface area (Å²) in [6.45, 7) is 14.7. The summed E-state index contributed by atoms with van der Waals surface area (Å²) in [6.07, 6.45) is 3.42. The number of fused-ring (bicyclic) bond motifs is 1. The molecule has 0 aliphatic carbocycles. The molecule has 3 fully saturated rings. The third-order valence-corrected chi connectivity index (χ3v) is 12.4. The molecule has 0 bridgehead atoms. The monoisotopic (exact) mass is 827 g/mol. The van der Waals surface area contributed by atoms with Crippen LogP contribution in [0.2, 0.25) is 0 Å². The molecule has 0 aromatic carbocycles. The first kappa shape index (κ1) is 46.1. The fourth-order valence-electron chi connectivity index (χ4n) is 8.97. The number of carbonyl (C=O) groups excluding carboxylic acids is 4. The van der Waals surface area contributed by atoms with Crippen molar-refractivity contribution >= 4 is 23.8 Å². The molecule has 3 N–H and O–H groups in total. The smallest absolute Gasteiger partial charge is 0.425 e. The summed E-state index contributed by atoms with van der Waals surface area (Å²) in [5.74, 6) is -4.55. The lowest BCUT2D eigenvalue weighted by molar-refractivity contribution is -0.295. The van der Waals surface area contributed by atoms with Crippen LogP contribution in [-0.2, 0) is 44.6 Å². The van der Waals surface area contributed by atoms with Crippen molar-refractivity contribution in [3.63, 3.8) is 0 Å². The molecule has 0 radical (unpaired) electrons. The van der Waals surface area contributed by atoms with E-state index in [9.17, 15) is 24.3 Å². The normalized spacial score (nSPS) is 36.4. The quantitative estimate of drug-likeness (QED) is 0.170. The van der Waals surface area contributed by atoms with E-state index in [4.69, 9.17) is 23.7 Å². The molecule has 2 aromatic heterocycles. The fourth-order valence-corrected chi connectivity index (χ4v) is 8.97. The number of methoxy groups -OCH3 is 1. The molecule has 13 atom stereocenters. The largest absolute Gasteiger partial charge is 0.457 e. The highest BCUT2D eigenvalue weighted by Crippen LogP contribution is 2.39. The molecule has 17 nitrogen and oxygen atoms in total. The Kier molecular flexibility index (Phi) is 15.0. The second-order valence-corrected chi connectivity index (χ2v) is 17.2. The van der Waals surface area contributed by atoms with Crippen LogP contribution in [-0.4, -0.2) is 141 Å². The molecule has 0 saturated carbocycles. The van der Waals surface area contributed by atoms with E-state index in [1.54, 1.807) is 60.3 Å². The van der Waals surface area contributed by atoms with Gasteiger partial charge in [-0.1, -0.05) is 20.8 Å². The first-order valence-corrected chi connectivity index (χ1v) is 20.8. The molecular formula is C42H65N7O10. The average molecular weight is 828 g/mol. The zero-order valence-electron chi connectivity index (χ0n) is 36.4. The van der Waals surface area contributed by atoms with E-state index in [1.807, 2.05) is 48.8 Å². The van der Waals surface area contributed by atoms with Crippen LogP contribution >= 0.6 is 0 Å². The van der Waals surface area contributed by atoms with Crippen LogP contribution in [0.25, 0.3) is 11.3 Å². The van der Waals surface area contributed by atoms with Crippen LogP contribution in [0.1, 0.15) is 81.1 Å². The second kappa shape index (κ2) is 19.1. The van der Waals surface area contributed by atoms with Gasteiger partial charge in [0.05, 0.1) is 35.9 Å². The number of aliphatic hydroxyl groups is 1. The molecule has 5 heterocycles. The SMILES string of the molecule is CC[C@H]1OC(=O)[C@H](C)C(=O)[C@H](C)[C@@H](O[C@@H]2O[C@H](C)C[C@H](N(C)C)[C@H]2O)[C@@](C)(OC)C[C@@H](C)C(=O)NC(C)[C@H]2N(NCCCn3cnc(-c4cccnc4)c3)C(=O)O[C@]12C. The van der Waals surface area contributed by atoms with E-state index in [2.05, 4.69) is 20.7 Å². The van der Waals surface area contributed by atoms with Gasteiger partial charge in [0.1, 0.15) is 24.2 Å². The Balaban J connectivity index is 1.41. The van der Waals surface area contributed by atoms with Crippen molar-refractivity contribution in [2.24, 2.45) is 17.8 Å². The summed E-state index contributed by atoms with van der Waals surface area (Å²) >= 11 is 0. The number of carbonyl (C=O) groups is 4. The van der Waals surface area contributed by atoms with E-state index in [0.717, 1.165) is 11.3 Å². The number of cyclic esters (lactones) is 1. The summed E-state index contributed by atoms with van der Waals surface area (Å²) in [5.41, 5.74) is 2.19. The minimum absolute atomic E-state index is 0.0896. The Morgan fingerprint density at radius 3 is 2.49 bits per heavy atom. The molecule has 0 spiro atoms. The van der Waals surface area contributed by atoms with Crippen molar-refractivity contribution in [2.45, 2.75) is 148 Å². The van der Waals surface area contributed by atoms with Gasteiger partial charge in [-0.05, 0) is 86.5 Å². The number of hydrogen-bond acceptors (Lipinski definition) is 14. The molecule has 5 rings (SSSR count). The number of aromatic nitrogens is 3. The Morgan fingerprint density at radius 1 is 1.12 bits per heavy atom. The number of hydrazine groups is 1. The van der Waals surface area contributed by atoms with Gasteiger partial charge in [-0.3, -0.25) is 19.4 Å². The molecule has 2 aromatic rings. The maximum Gasteiger partial charge on any atom is 0.425 e. The van der Waals surface area contributed by atoms with Crippen LogP contribution in [0.15, 0.2) is 37.1 Å². The van der Waals surface area contributed by atoms with Gasteiger partial charge in [0.15, 0.2) is 17.7 Å². The highest BCUT2D eigenvalue weighted by Gasteiger charge is 2.59. The van der Waals surface area contributed by atoms with E-state index in [1.165, 1.54) is 19.0 Å². The third kappa shape index (κ3) is 9.97. The summed E-state index contributed by atoms with van der Waals surface area (Å²) < 4.78 is 33.0. The number of aliphatic hydroxyl groups excluding tert-OH is 1. The van der Waals surface area contributed by atoms with E-state index >= 15 is 0 Å². The first-order valence-electron chi connectivity index (χ1n) is 20.8. The topological polar surface area (TPSA) is 196 Å². The summed E-state index contributed by atoms with van der Waals surface area (Å²) in [4.78, 5) is 66.8. The predicted molar refractivity (Wildman–Crippen MR) is 216 cm³/mol. The number of hydrogen-bond donors (Lipinski definition) is 3. The van der Waals surface area contributed by atoms with E-state index < -0.39 is 83.5 Å². The van der Waals surface area contributed by atoms with Gasteiger partial charge in [0.2, 0.25) is 5.91 Å². The molecule has 328 valence electrons. The number of Topliss-reactive ketones (excluding diaryl/α,β-unsaturated/α-hetero) is 1. The minimum atomic E-state index is -1.44. The maximum atomic E-state index is 14.4. The number of likely N-dealkylation sites (N-methyl/N-ethyl adjacent to an activating group) is 1. The molecule has 17 heteroatoms. The van der Waals surface area contributed by atoms with Crippen molar-refractivity contribution in [1.82, 2.24) is 35.2 Å². The van der Waals surface area contributed by atoms with E-state index in [-0.39, 0.29) is 30.9 Å². The lowest BCUT2D eigenvalue weighted by Crippen LogP contribution is -2.63. The Labute approximate surface area is 347 Å². The second-order valence-electron chi connectivity index (χ2n) is 17.2. The van der Waals surface area contributed by atoms with Crippen molar-refractivity contribution in [1.29, 1.82) is 0 Å². The standard InChI is InChI=1S/C42H65N7O10/c1-12-32-42(8)35(49(40(54)59-42)45-17-14-18-48-22-30(44-23-48)29-15-13-16-43-21-29)28(6)46-37(52)24(2)20-41(7,55-11)36(26(4)33(50)27(5)38(53)57-32)58-39-34(51)31(47(9)10)19-25(3)56-39/h13,15-16,21-28,31-32,34-36,39,45,51H,12,14,17-20H2,1-11H3,(H,46,52)/t24-,25-,26+,27-,28?,31+,32-,34-,35-,36-,39+,41+,42-/m1/s1. The zero-order chi connectivity index (χ0) is 43.4. The lowest BCUT2D eigenvalue weighted by Gasteiger charge is -2.46. The number of imidazole rings is 1. The van der Waals surface area contributed by atoms with Gasteiger partial charge >= 0.3 is 12.1 Å². The van der Waals surface area contributed by atoms with Gasteiger partial charge in [-0.15, -0.1) is 0 Å². The molecule has 59 heavy (non-hydrogen) atoms. The first-order chi connectivity index (χ1) is 27.8.